The third kappa shape index (κ3) is 4.89. The molecule has 0 aliphatic rings. The molecule has 1 aromatic rings. The fraction of sp³-hybridized carbons (Fsp3) is 0.600. The summed E-state index contributed by atoms with van der Waals surface area (Å²) in [5.74, 6) is 2.31. The van der Waals surface area contributed by atoms with E-state index in [1.165, 1.54) is 0 Å². The minimum absolute atomic E-state index is 0.0633. The van der Waals surface area contributed by atoms with Gasteiger partial charge in [0.25, 0.3) is 0 Å². The quantitative estimate of drug-likeness (QED) is 0.772. The SMILES string of the molecule is COc1ccc(OC)c(C(C)NCC(C)(O)CSC)c1. The highest BCUT2D eigenvalue weighted by atomic mass is 32.2. The van der Waals surface area contributed by atoms with Crippen molar-refractivity contribution in [2.75, 3.05) is 32.8 Å². The zero-order valence-electron chi connectivity index (χ0n) is 12.9. The van der Waals surface area contributed by atoms with E-state index in [-0.39, 0.29) is 6.04 Å². The number of aliphatic hydroxyl groups is 1. The number of rotatable bonds is 8. The second kappa shape index (κ2) is 7.76. The largest absolute Gasteiger partial charge is 0.497 e. The predicted molar refractivity (Wildman–Crippen MR) is 85.0 cm³/mol. The molecule has 114 valence electrons. The summed E-state index contributed by atoms with van der Waals surface area (Å²) in [7, 11) is 3.30. The van der Waals surface area contributed by atoms with Gasteiger partial charge in [-0.1, -0.05) is 0 Å². The Bertz CT molecular complexity index is 424. The van der Waals surface area contributed by atoms with Crippen LogP contribution in [0.4, 0.5) is 0 Å². The van der Waals surface area contributed by atoms with E-state index in [0.29, 0.717) is 12.3 Å². The molecule has 20 heavy (non-hydrogen) atoms. The lowest BCUT2D eigenvalue weighted by atomic mass is 10.0. The molecule has 2 atom stereocenters. The maximum atomic E-state index is 10.2. The van der Waals surface area contributed by atoms with Crippen molar-refractivity contribution in [2.45, 2.75) is 25.5 Å². The summed E-state index contributed by atoms with van der Waals surface area (Å²) in [6.07, 6.45) is 1.99. The van der Waals surface area contributed by atoms with Crippen molar-refractivity contribution in [3.8, 4) is 11.5 Å². The Morgan fingerprint density at radius 2 is 2.05 bits per heavy atom. The van der Waals surface area contributed by atoms with Crippen LogP contribution in [0.1, 0.15) is 25.5 Å². The first kappa shape index (κ1) is 17.1. The highest BCUT2D eigenvalue weighted by Crippen LogP contribution is 2.29. The van der Waals surface area contributed by atoms with Gasteiger partial charge >= 0.3 is 0 Å². The summed E-state index contributed by atoms with van der Waals surface area (Å²) >= 11 is 1.64. The summed E-state index contributed by atoms with van der Waals surface area (Å²) < 4.78 is 10.6. The molecule has 0 amide bonds. The van der Waals surface area contributed by atoms with E-state index >= 15 is 0 Å². The lowest BCUT2D eigenvalue weighted by molar-refractivity contribution is 0.0819. The Morgan fingerprint density at radius 1 is 1.35 bits per heavy atom. The third-order valence-corrected chi connectivity index (χ3v) is 4.06. The van der Waals surface area contributed by atoms with Crippen LogP contribution in [0.5, 0.6) is 11.5 Å². The molecule has 0 saturated carbocycles. The van der Waals surface area contributed by atoms with Crippen molar-refractivity contribution in [3.63, 3.8) is 0 Å². The Labute approximate surface area is 125 Å². The van der Waals surface area contributed by atoms with E-state index in [1.54, 1.807) is 26.0 Å². The van der Waals surface area contributed by atoms with Gasteiger partial charge in [0.2, 0.25) is 0 Å². The molecule has 0 heterocycles. The van der Waals surface area contributed by atoms with Crippen LogP contribution in [0, 0.1) is 0 Å². The molecule has 2 unspecified atom stereocenters. The average molecular weight is 299 g/mol. The van der Waals surface area contributed by atoms with Crippen LogP contribution in [0.15, 0.2) is 18.2 Å². The highest BCUT2D eigenvalue weighted by molar-refractivity contribution is 7.98. The van der Waals surface area contributed by atoms with Gasteiger partial charge in [-0.05, 0) is 38.3 Å². The van der Waals surface area contributed by atoms with Crippen molar-refractivity contribution < 1.29 is 14.6 Å². The van der Waals surface area contributed by atoms with Crippen molar-refractivity contribution in [2.24, 2.45) is 0 Å². The number of thioether (sulfide) groups is 1. The molecule has 1 rings (SSSR count). The van der Waals surface area contributed by atoms with E-state index < -0.39 is 5.60 Å². The summed E-state index contributed by atoms with van der Waals surface area (Å²) in [6.45, 7) is 4.41. The first-order chi connectivity index (χ1) is 9.43. The number of methoxy groups -OCH3 is 2. The highest BCUT2D eigenvalue weighted by Gasteiger charge is 2.21. The number of ether oxygens (including phenoxy) is 2. The normalized spacial score (nSPS) is 15.5. The van der Waals surface area contributed by atoms with E-state index in [1.807, 2.05) is 38.3 Å². The summed E-state index contributed by atoms with van der Waals surface area (Å²) in [4.78, 5) is 0. The van der Waals surface area contributed by atoms with E-state index in [9.17, 15) is 5.11 Å². The minimum atomic E-state index is -0.722. The molecule has 1 aromatic carbocycles. The fourth-order valence-electron chi connectivity index (χ4n) is 2.02. The van der Waals surface area contributed by atoms with Crippen LogP contribution >= 0.6 is 11.8 Å². The van der Waals surface area contributed by atoms with Crippen LogP contribution in [0.3, 0.4) is 0 Å². The second-order valence-electron chi connectivity index (χ2n) is 5.14. The third-order valence-electron chi connectivity index (χ3n) is 3.15. The van der Waals surface area contributed by atoms with Gasteiger partial charge in [0.1, 0.15) is 11.5 Å². The van der Waals surface area contributed by atoms with Gasteiger partial charge in [0.05, 0.1) is 19.8 Å². The predicted octanol–water partition coefficient (Wildman–Crippen LogP) is 2.47. The van der Waals surface area contributed by atoms with Crippen molar-refractivity contribution in [1.82, 2.24) is 5.32 Å². The molecule has 0 aliphatic carbocycles. The molecule has 0 spiro atoms. The topological polar surface area (TPSA) is 50.7 Å². The van der Waals surface area contributed by atoms with Crippen molar-refractivity contribution >= 4 is 11.8 Å². The molecule has 4 nitrogen and oxygen atoms in total. The first-order valence-electron chi connectivity index (χ1n) is 6.60. The van der Waals surface area contributed by atoms with Gasteiger partial charge in [0.15, 0.2) is 0 Å². The van der Waals surface area contributed by atoms with Gasteiger partial charge in [-0.15, -0.1) is 0 Å². The molecule has 0 aliphatic heterocycles. The van der Waals surface area contributed by atoms with Crippen LogP contribution < -0.4 is 14.8 Å². The molecule has 0 radical (unpaired) electrons. The molecular formula is C15H25NO3S. The standard InChI is InChI=1S/C15H25NO3S/c1-11(16-9-15(2,17)10-20-5)13-8-12(18-3)6-7-14(13)19-4/h6-8,11,16-17H,9-10H2,1-5H3. The van der Waals surface area contributed by atoms with Crippen LogP contribution in [-0.4, -0.2) is 43.5 Å². The van der Waals surface area contributed by atoms with E-state index in [2.05, 4.69) is 5.32 Å². The second-order valence-corrected chi connectivity index (χ2v) is 6.01. The molecule has 0 saturated heterocycles. The number of hydrogen-bond acceptors (Lipinski definition) is 5. The van der Waals surface area contributed by atoms with Crippen LogP contribution in [-0.2, 0) is 0 Å². The number of hydrogen-bond donors (Lipinski definition) is 2. The zero-order chi connectivity index (χ0) is 15.2. The Balaban J connectivity index is 2.78. The van der Waals surface area contributed by atoms with Gasteiger partial charge in [-0.25, -0.2) is 0 Å². The maximum Gasteiger partial charge on any atom is 0.123 e. The molecular weight excluding hydrogens is 274 g/mol. The first-order valence-corrected chi connectivity index (χ1v) is 7.99. The summed E-state index contributed by atoms with van der Waals surface area (Å²) in [6, 6.07) is 5.79. The smallest absolute Gasteiger partial charge is 0.123 e. The van der Waals surface area contributed by atoms with Crippen LogP contribution in [0.2, 0.25) is 0 Å². The van der Waals surface area contributed by atoms with Gasteiger partial charge in [0, 0.05) is 23.9 Å². The summed E-state index contributed by atoms with van der Waals surface area (Å²) in [5, 5.41) is 13.5. The number of benzene rings is 1. The number of nitrogens with one attached hydrogen (secondary N) is 1. The molecule has 5 heteroatoms. The van der Waals surface area contributed by atoms with Gasteiger partial charge in [-0.2, -0.15) is 11.8 Å². The maximum absolute atomic E-state index is 10.2. The Morgan fingerprint density at radius 3 is 2.60 bits per heavy atom. The lowest BCUT2D eigenvalue weighted by Gasteiger charge is -2.26. The molecule has 0 aromatic heterocycles. The summed E-state index contributed by atoms with van der Waals surface area (Å²) in [5.41, 5.74) is 0.298. The molecule has 2 N–H and O–H groups in total. The van der Waals surface area contributed by atoms with E-state index in [0.717, 1.165) is 17.1 Å². The van der Waals surface area contributed by atoms with Gasteiger partial charge < -0.3 is 19.9 Å². The minimum Gasteiger partial charge on any atom is -0.497 e. The molecule has 0 bridgehead atoms. The average Bonchev–Trinajstić information content (AvgIpc) is 2.44. The van der Waals surface area contributed by atoms with Gasteiger partial charge in [-0.3, -0.25) is 0 Å². The fourth-order valence-corrected chi connectivity index (χ4v) is 2.75. The Hall–Kier alpha value is -0.910. The van der Waals surface area contributed by atoms with E-state index in [4.69, 9.17) is 9.47 Å². The zero-order valence-corrected chi connectivity index (χ0v) is 13.7. The Kier molecular flexibility index (Phi) is 6.65. The van der Waals surface area contributed by atoms with Crippen LogP contribution in [0.25, 0.3) is 0 Å². The lowest BCUT2D eigenvalue weighted by Crippen LogP contribution is -2.40. The van der Waals surface area contributed by atoms with Crippen molar-refractivity contribution in [3.05, 3.63) is 23.8 Å². The van der Waals surface area contributed by atoms with Crippen molar-refractivity contribution in [1.29, 1.82) is 0 Å². The molecule has 0 fully saturated rings. The monoisotopic (exact) mass is 299 g/mol.